The lowest BCUT2D eigenvalue weighted by atomic mass is 9.82. The number of anilines is 3. The van der Waals surface area contributed by atoms with E-state index in [4.69, 9.17) is 4.42 Å². The second kappa shape index (κ2) is 10.6. The number of furan rings is 1. The summed E-state index contributed by atoms with van der Waals surface area (Å²) >= 11 is 0. The van der Waals surface area contributed by atoms with Crippen LogP contribution in [0, 0.1) is 0 Å². The molecule has 2 heteroatoms. The highest BCUT2D eigenvalue weighted by Crippen LogP contribution is 2.50. The summed E-state index contributed by atoms with van der Waals surface area (Å²) in [6.07, 6.45) is 0. The Hall–Kier alpha value is -5.86. The normalized spacial score (nSPS) is 13.1. The Bertz CT molecular complexity index is 2410. The lowest BCUT2D eigenvalue weighted by molar-refractivity contribution is 0.660. The molecule has 0 N–H and O–H groups in total. The van der Waals surface area contributed by atoms with Gasteiger partial charge in [0.15, 0.2) is 0 Å². The molecule has 0 fully saturated rings. The Kier molecular flexibility index (Phi) is 6.20. The monoisotopic (exact) mass is 603 g/mol. The summed E-state index contributed by atoms with van der Waals surface area (Å²) in [4.78, 5) is 2.38. The number of nitrogens with zero attached hydrogens (tertiary/aromatic N) is 1. The molecule has 47 heavy (non-hydrogen) atoms. The van der Waals surface area contributed by atoms with Crippen molar-refractivity contribution in [2.75, 3.05) is 4.90 Å². The van der Waals surface area contributed by atoms with E-state index in [0.29, 0.717) is 0 Å². The molecule has 224 valence electrons. The van der Waals surface area contributed by atoms with E-state index in [0.717, 1.165) is 39.0 Å². The Labute approximate surface area is 275 Å². The zero-order chi connectivity index (χ0) is 31.5. The van der Waals surface area contributed by atoms with Gasteiger partial charge in [0.25, 0.3) is 0 Å². The average Bonchev–Trinajstić information content (AvgIpc) is 3.61. The molecule has 0 bridgehead atoms. The smallest absolute Gasteiger partial charge is 0.135 e. The van der Waals surface area contributed by atoms with Crippen molar-refractivity contribution >= 4 is 39.0 Å². The fourth-order valence-corrected chi connectivity index (χ4v) is 7.42. The minimum Gasteiger partial charge on any atom is -0.456 e. The molecule has 7 aromatic carbocycles. The molecule has 0 radical (unpaired) electrons. The summed E-state index contributed by atoms with van der Waals surface area (Å²) in [5.41, 5.74) is 15.3. The molecule has 0 aliphatic heterocycles. The van der Waals surface area contributed by atoms with Gasteiger partial charge in [-0.2, -0.15) is 0 Å². The van der Waals surface area contributed by atoms with E-state index in [-0.39, 0.29) is 5.41 Å². The van der Waals surface area contributed by atoms with Crippen LogP contribution in [0.5, 0.6) is 0 Å². The molecular weight excluding hydrogens is 571 g/mol. The zero-order valence-corrected chi connectivity index (χ0v) is 26.4. The van der Waals surface area contributed by atoms with Gasteiger partial charge in [-0.1, -0.05) is 123 Å². The van der Waals surface area contributed by atoms with Gasteiger partial charge in [-0.25, -0.2) is 0 Å². The lowest BCUT2D eigenvalue weighted by Crippen LogP contribution is -2.16. The third kappa shape index (κ3) is 4.48. The molecular formula is C45H33NO. The van der Waals surface area contributed by atoms with E-state index in [2.05, 4.69) is 170 Å². The third-order valence-electron chi connectivity index (χ3n) is 9.89. The Morgan fingerprint density at radius 1 is 0.404 bits per heavy atom. The second-order valence-electron chi connectivity index (χ2n) is 13.0. The van der Waals surface area contributed by atoms with Crippen LogP contribution in [0.3, 0.4) is 0 Å². The number of fused-ring (bicyclic) bond motifs is 6. The number of benzene rings is 7. The highest BCUT2D eigenvalue weighted by atomic mass is 16.3. The van der Waals surface area contributed by atoms with Crippen LogP contribution in [0.2, 0.25) is 0 Å². The Morgan fingerprint density at radius 2 is 0.957 bits per heavy atom. The first-order valence-corrected chi connectivity index (χ1v) is 16.3. The molecule has 1 aliphatic carbocycles. The lowest BCUT2D eigenvalue weighted by Gasteiger charge is -2.28. The molecule has 2 nitrogen and oxygen atoms in total. The van der Waals surface area contributed by atoms with Crippen molar-refractivity contribution in [2.24, 2.45) is 0 Å². The molecule has 1 heterocycles. The topological polar surface area (TPSA) is 16.4 Å². The van der Waals surface area contributed by atoms with Gasteiger partial charge in [0.05, 0.1) is 0 Å². The highest BCUT2D eigenvalue weighted by Gasteiger charge is 2.35. The molecule has 9 rings (SSSR count). The number of hydrogen-bond acceptors (Lipinski definition) is 2. The molecule has 0 saturated heterocycles. The summed E-state index contributed by atoms with van der Waals surface area (Å²) in [7, 11) is 0. The molecule has 0 atom stereocenters. The zero-order valence-electron chi connectivity index (χ0n) is 26.4. The van der Waals surface area contributed by atoms with E-state index in [9.17, 15) is 0 Å². The molecule has 0 saturated carbocycles. The predicted molar refractivity (Wildman–Crippen MR) is 197 cm³/mol. The quantitative estimate of drug-likeness (QED) is 0.195. The maximum Gasteiger partial charge on any atom is 0.135 e. The van der Waals surface area contributed by atoms with Gasteiger partial charge in [-0.15, -0.1) is 0 Å². The summed E-state index contributed by atoms with van der Waals surface area (Å²) in [6, 6.07) is 59.0. The first-order chi connectivity index (χ1) is 23.0. The highest BCUT2D eigenvalue weighted by molar-refractivity contribution is 6.06. The molecule has 1 aliphatic rings. The Balaban J connectivity index is 1.14. The van der Waals surface area contributed by atoms with Crippen LogP contribution < -0.4 is 4.90 Å². The Morgan fingerprint density at radius 3 is 1.72 bits per heavy atom. The average molecular weight is 604 g/mol. The number of para-hydroxylation sites is 1. The minimum absolute atomic E-state index is 0.0788. The minimum atomic E-state index is -0.0788. The molecule has 0 unspecified atom stereocenters. The largest absolute Gasteiger partial charge is 0.456 e. The first kappa shape index (κ1) is 27.5. The van der Waals surface area contributed by atoms with Crippen LogP contribution in [0.4, 0.5) is 17.1 Å². The van der Waals surface area contributed by atoms with E-state index in [1.165, 1.54) is 44.5 Å². The SMILES string of the molecule is CC1(C)c2ccccc2-c2ccc(N(c3ccc(-c4ccccc4)cc3)c3ccc(-c4ccc5oc6ccccc6c5c4)cc3)cc21. The van der Waals surface area contributed by atoms with Gasteiger partial charge >= 0.3 is 0 Å². The fraction of sp³-hybridized carbons (Fsp3) is 0.0667. The van der Waals surface area contributed by atoms with Crippen LogP contribution in [-0.2, 0) is 5.41 Å². The van der Waals surface area contributed by atoms with Crippen LogP contribution in [0.25, 0.3) is 55.3 Å². The fourth-order valence-electron chi connectivity index (χ4n) is 7.42. The van der Waals surface area contributed by atoms with Crippen molar-refractivity contribution in [2.45, 2.75) is 19.3 Å². The molecule has 8 aromatic rings. The van der Waals surface area contributed by atoms with Gasteiger partial charge in [0.1, 0.15) is 11.2 Å². The van der Waals surface area contributed by atoms with E-state index >= 15 is 0 Å². The van der Waals surface area contributed by atoms with Crippen molar-refractivity contribution in [3.8, 4) is 33.4 Å². The van der Waals surface area contributed by atoms with Crippen LogP contribution >= 0.6 is 0 Å². The van der Waals surface area contributed by atoms with Crippen LogP contribution in [0.1, 0.15) is 25.0 Å². The van der Waals surface area contributed by atoms with Gasteiger partial charge in [0, 0.05) is 33.2 Å². The van der Waals surface area contributed by atoms with Crippen molar-refractivity contribution in [1.82, 2.24) is 0 Å². The van der Waals surface area contributed by atoms with Crippen molar-refractivity contribution < 1.29 is 4.42 Å². The molecule has 0 spiro atoms. The number of rotatable bonds is 5. The maximum absolute atomic E-state index is 6.09. The first-order valence-electron chi connectivity index (χ1n) is 16.3. The summed E-state index contributed by atoms with van der Waals surface area (Å²) < 4.78 is 6.09. The number of hydrogen-bond donors (Lipinski definition) is 0. The second-order valence-corrected chi connectivity index (χ2v) is 13.0. The molecule has 0 amide bonds. The standard InChI is InChI=1S/C45H33NO/c1-45(2)41-14-8-6-12-37(41)38-26-25-36(29-42(38)45)46(34-21-16-31(17-22-34)30-10-4-3-5-11-30)35-23-18-32(19-24-35)33-20-27-44-40(28-33)39-13-7-9-15-43(39)47-44/h3-29H,1-2H3. The van der Waals surface area contributed by atoms with Gasteiger partial charge in [0.2, 0.25) is 0 Å². The van der Waals surface area contributed by atoms with E-state index in [1.807, 2.05) is 12.1 Å². The van der Waals surface area contributed by atoms with Crippen LogP contribution in [-0.4, -0.2) is 0 Å². The van der Waals surface area contributed by atoms with E-state index in [1.54, 1.807) is 0 Å². The molecule has 1 aromatic heterocycles. The van der Waals surface area contributed by atoms with E-state index < -0.39 is 0 Å². The maximum atomic E-state index is 6.09. The van der Waals surface area contributed by atoms with Crippen LogP contribution in [0.15, 0.2) is 168 Å². The van der Waals surface area contributed by atoms with Crippen molar-refractivity contribution in [1.29, 1.82) is 0 Å². The summed E-state index contributed by atoms with van der Waals surface area (Å²) in [6.45, 7) is 4.69. The van der Waals surface area contributed by atoms with Gasteiger partial charge in [-0.05, 0) is 99.1 Å². The predicted octanol–water partition coefficient (Wildman–Crippen LogP) is 12.7. The summed E-state index contributed by atoms with van der Waals surface area (Å²) in [5.74, 6) is 0. The van der Waals surface area contributed by atoms with Crippen molar-refractivity contribution in [3.63, 3.8) is 0 Å². The van der Waals surface area contributed by atoms with Gasteiger partial charge < -0.3 is 9.32 Å². The third-order valence-corrected chi connectivity index (χ3v) is 9.89. The van der Waals surface area contributed by atoms with Gasteiger partial charge in [-0.3, -0.25) is 0 Å². The summed E-state index contributed by atoms with van der Waals surface area (Å²) in [5, 5.41) is 2.29. The van der Waals surface area contributed by atoms with Crippen molar-refractivity contribution in [3.05, 3.63) is 175 Å².